The van der Waals surface area contributed by atoms with Crippen LogP contribution in [-0.4, -0.2) is 60.9 Å². The fourth-order valence-electron chi connectivity index (χ4n) is 3.58. The molecule has 2 aliphatic heterocycles. The molecule has 2 amide bonds. The summed E-state index contributed by atoms with van der Waals surface area (Å²) in [6, 6.07) is 7.84. The lowest BCUT2D eigenvalue weighted by atomic mass is 9.95. The van der Waals surface area contributed by atoms with Gasteiger partial charge in [-0.15, -0.1) is 0 Å². The summed E-state index contributed by atoms with van der Waals surface area (Å²) in [7, 11) is 0. The third kappa shape index (κ3) is 3.66. The van der Waals surface area contributed by atoms with Gasteiger partial charge in [-0.2, -0.15) is 0 Å². The van der Waals surface area contributed by atoms with E-state index in [1.807, 2.05) is 34.1 Å². The van der Waals surface area contributed by atoms with Gasteiger partial charge >= 0.3 is 0 Å². The topological polar surface area (TPSA) is 43.9 Å². The van der Waals surface area contributed by atoms with Gasteiger partial charge in [0.05, 0.1) is 10.7 Å². The van der Waals surface area contributed by atoms with Crippen LogP contribution in [0.5, 0.6) is 0 Å². The van der Waals surface area contributed by atoms with Gasteiger partial charge in [-0.05, 0) is 25.0 Å². The molecule has 1 aromatic carbocycles. The van der Waals surface area contributed by atoms with Crippen molar-refractivity contribution in [3.63, 3.8) is 0 Å². The van der Waals surface area contributed by atoms with Crippen LogP contribution in [-0.2, 0) is 9.59 Å². The van der Waals surface area contributed by atoms with Crippen molar-refractivity contribution in [2.45, 2.75) is 19.8 Å². The Morgan fingerprint density at radius 1 is 0.958 bits per heavy atom. The molecule has 0 aliphatic carbocycles. The van der Waals surface area contributed by atoms with Gasteiger partial charge in [0.25, 0.3) is 0 Å². The molecular weight excluding hydrogens is 326 g/mol. The van der Waals surface area contributed by atoms with Crippen molar-refractivity contribution in [1.82, 2.24) is 9.80 Å². The van der Waals surface area contributed by atoms with Gasteiger partial charge in [0.1, 0.15) is 0 Å². The fraction of sp³-hybridized carbons (Fsp3) is 0.556. The Bertz CT molecular complexity index is 606. The number of piperazine rings is 1. The number of benzene rings is 1. The molecule has 2 aliphatic rings. The van der Waals surface area contributed by atoms with Gasteiger partial charge in [-0.3, -0.25) is 9.59 Å². The van der Waals surface area contributed by atoms with E-state index in [0.717, 1.165) is 49.7 Å². The quantitative estimate of drug-likeness (QED) is 0.822. The molecule has 0 spiro atoms. The third-order valence-corrected chi connectivity index (χ3v) is 5.39. The van der Waals surface area contributed by atoms with E-state index in [4.69, 9.17) is 11.6 Å². The molecule has 0 radical (unpaired) electrons. The predicted molar refractivity (Wildman–Crippen MR) is 95.2 cm³/mol. The number of amides is 2. The second-order valence-electron chi connectivity index (χ2n) is 6.54. The van der Waals surface area contributed by atoms with Gasteiger partial charge in [-0.1, -0.05) is 23.7 Å². The number of carbonyl (C=O) groups excluding carboxylic acids is 2. The molecule has 0 aromatic heterocycles. The molecule has 2 saturated heterocycles. The van der Waals surface area contributed by atoms with Crippen LogP contribution in [0.15, 0.2) is 24.3 Å². The van der Waals surface area contributed by atoms with Gasteiger partial charge in [0, 0.05) is 52.1 Å². The minimum atomic E-state index is 0.0625. The number of hydrogen-bond donors (Lipinski definition) is 0. The highest BCUT2D eigenvalue weighted by atomic mass is 35.5. The zero-order valence-electron chi connectivity index (χ0n) is 14.1. The maximum atomic E-state index is 12.7. The SMILES string of the molecule is CC(=O)N1CCC(C(=O)N2CCN(c3ccccc3Cl)CC2)CC1. The van der Waals surface area contributed by atoms with Crippen LogP contribution in [0.4, 0.5) is 5.69 Å². The van der Waals surface area contributed by atoms with Crippen LogP contribution in [0.2, 0.25) is 5.02 Å². The van der Waals surface area contributed by atoms with Crippen molar-refractivity contribution >= 4 is 29.1 Å². The van der Waals surface area contributed by atoms with Gasteiger partial charge in [0.2, 0.25) is 11.8 Å². The first-order valence-corrected chi connectivity index (χ1v) is 8.98. The molecule has 24 heavy (non-hydrogen) atoms. The maximum absolute atomic E-state index is 12.7. The second kappa shape index (κ2) is 7.43. The van der Waals surface area contributed by atoms with Gasteiger partial charge in [0.15, 0.2) is 0 Å². The van der Waals surface area contributed by atoms with E-state index in [2.05, 4.69) is 4.90 Å². The van der Waals surface area contributed by atoms with Crippen LogP contribution in [0, 0.1) is 5.92 Å². The summed E-state index contributed by atoms with van der Waals surface area (Å²) < 4.78 is 0. The fourth-order valence-corrected chi connectivity index (χ4v) is 3.83. The van der Waals surface area contributed by atoms with Crippen molar-refractivity contribution in [3.05, 3.63) is 29.3 Å². The monoisotopic (exact) mass is 349 g/mol. The molecule has 1 aromatic rings. The van der Waals surface area contributed by atoms with Crippen molar-refractivity contribution in [3.8, 4) is 0 Å². The lowest BCUT2D eigenvalue weighted by Gasteiger charge is -2.39. The summed E-state index contributed by atoms with van der Waals surface area (Å²) in [4.78, 5) is 30.2. The van der Waals surface area contributed by atoms with Crippen LogP contribution in [0.3, 0.4) is 0 Å². The first-order valence-electron chi connectivity index (χ1n) is 8.60. The second-order valence-corrected chi connectivity index (χ2v) is 6.95. The Balaban J connectivity index is 1.52. The van der Waals surface area contributed by atoms with Crippen LogP contribution >= 0.6 is 11.6 Å². The number of rotatable bonds is 2. The summed E-state index contributed by atoms with van der Waals surface area (Å²) in [5.41, 5.74) is 1.04. The minimum absolute atomic E-state index is 0.0625. The van der Waals surface area contributed by atoms with Gasteiger partial charge in [-0.25, -0.2) is 0 Å². The lowest BCUT2D eigenvalue weighted by Crippen LogP contribution is -2.52. The van der Waals surface area contributed by atoms with E-state index in [1.165, 1.54) is 0 Å². The first kappa shape index (κ1) is 17.1. The number of carbonyl (C=O) groups is 2. The summed E-state index contributed by atoms with van der Waals surface area (Å²) in [6.07, 6.45) is 1.56. The van der Waals surface area contributed by atoms with Crippen molar-refractivity contribution in [2.75, 3.05) is 44.2 Å². The van der Waals surface area contributed by atoms with Crippen molar-refractivity contribution in [1.29, 1.82) is 0 Å². The standard InChI is InChI=1S/C18H24ClN3O2/c1-14(23)20-8-6-15(7-9-20)18(24)22-12-10-21(11-13-22)17-5-3-2-4-16(17)19/h2-5,15H,6-13H2,1H3. The number of nitrogens with zero attached hydrogens (tertiary/aromatic N) is 3. The normalized spacial score (nSPS) is 19.5. The molecule has 2 fully saturated rings. The molecule has 0 unspecified atom stereocenters. The van der Waals surface area contributed by atoms with E-state index in [9.17, 15) is 9.59 Å². The van der Waals surface area contributed by atoms with Crippen molar-refractivity contribution < 1.29 is 9.59 Å². The third-order valence-electron chi connectivity index (χ3n) is 5.07. The number of para-hydroxylation sites is 1. The van der Waals surface area contributed by atoms with Crippen LogP contribution < -0.4 is 4.90 Å². The number of hydrogen-bond acceptors (Lipinski definition) is 3. The van der Waals surface area contributed by atoms with E-state index >= 15 is 0 Å². The van der Waals surface area contributed by atoms with E-state index in [-0.39, 0.29) is 17.7 Å². The van der Waals surface area contributed by atoms with E-state index in [0.29, 0.717) is 13.1 Å². The Labute approximate surface area is 148 Å². The van der Waals surface area contributed by atoms with Gasteiger partial charge < -0.3 is 14.7 Å². The minimum Gasteiger partial charge on any atom is -0.367 e. The number of likely N-dealkylation sites (tertiary alicyclic amines) is 1. The number of anilines is 1. The van der Waals surface area contributed by atoms with Crippen LogP contribution in [0.25, 0.3) is 0 Å². The zero-order valence-corrected chi connectivity index (χ0v) is 14.8. The number of halogens is 1. The first-order chi connectivity index (χ1) is 11.6. The Hall–Kier alpha value is -1.75. The van der Waals surface area contributed by atoms with E-state index < -0.39 is 0 Å². The highest BCUT2D eigenvalue weighted by Gasteiger charge is 2.31. The zero-order chi connectivity index (χ0) is 17.1. The molecule has 130 valence electrons. The highest BCUT2D eigenvalue weighted by molar-refractivity contribution is 6.33. The average molecular weight is 350 g/mol. The molecule has 0 bridgehead atoms. The molecule has 2 heterocycles. The molecular formula is C18H24ClN3O2. The smallest absolute Gasteiger partial charge is 0.225 e. The van der Waals surface area contributed by atoms with Crippen LogP contribution in [0.1, 0.15) is 19.8 Å². The maximum Gasteiger partial charge on any atom is 0.225 e. The Morgan fingerprint density at radius 2 is 1.58 bits per heavy atom. The summed E-state index contributed by atoms with van der Waals surface area (Å²) in [6.45, 7) is 6.07. The highest BCUT2D eigenvalue weighted by Crippen LogP contribution is 2.27. The molecule has 0 saturated carbocycles. The Kier molecular flexibility index (Phi) is 5.29. The number of piperidine rings is 1. The largest absolute Gasteiger partial charge is 0.367 e. The predicted octanol–water partition coefficient (Wildman–Crippen LogP) is 2.25. The molecule has 5 nitrogen and oxygen atoms in total. The summed E-state index contributed by atoms with van der Waals surface area (Å²) in [5, 5.41) is 0.758. The molecule has 0 atom stereocenters. The molecule has 0 N–H and O–H groups in total. The molecule has 3 rings (SSSR count). The summed E-state index contributed by atoms with van der Waals surface area (Å²) in [5.74, 6) is 0.415. The van der Waals surface area contributed by atoms with E-state index in [1.54, 1.807) is 6.92 Å². The summed E-state index contributed by atoms with van der Waals surface area (Å²) >= 11 is 6.26. The molecule has 6 heteroatoms. The lowest BCUT2D eigenvalue weighted by molar-refractivity contribution is -0.140. The Morgan fingerprint density at radius 3 is 2.17 bits per heavy atom. The average Bonchev–Trinajstić information content (AvgIpc) is 2.62. The van der Waals surface area contributed by atoms with Crippen molar-refractivity contribution in [2.24, 2.45) is 5.92 Å².